The molecule has 0 spiro atoms. The minimum Gasteiger partial charge on any atom is -0.315 e. The Morgan fingerprint density at radius 1 is 1.33 bits per heavy atom. The van der Waals surface area contributed by atoms with Crippen LogP contribution in [0.25, 0.3) is 10.9 Å². The molecule has 0 aliphatic carbocycles. The Morgan fingerprint density at radius 3 is 2.81 bits per heavy atom. The van der Waals surface area contributed by atoms with Crippen LogP contribution in [0.1, 0.15) is 24.4 Å². The van der Waals surface area contributed by atoms with Gasteiger partial charge in [-0.2, -0.15) is 13.2 Å². The lowest BCUT2D eigenvalue weighted by atomic mass is 10.1. The Bertz CT molecular complexity index is 717. The summed E-state index contributed by atoms with van der Waals surface area (Å²) in [6.45, 7) is 1.52. The molecular weight excluding hydrogens is 283 g/mol. The van der Waals surface area contributed by atoms with Crippen molar-refractivity contribution in [3.8, 4) is 0 Å². The minimum absolute atomic E-state index is 0.0119. The number of hydrogen-bond donors (Lipinski definition) is 1. The SMILES string of the molecule is O=c1c2cc(C(F)(F)F)ccc2ncn1C1CCCNC1. The number of rotatable bonds is 1. The number of aromatic nitrogens is 2. The summed E-state index contributed by atoms with van der Waals surface area (Å²) < 4.78 is 39.7. The molecule has 1 atom stereocenters. The van der Waals surface area contributed by atoms with Gasteiger partial charge in [-0.05, 0) is 37.6 Å². The molecule has 7 heteroatoms. The number of alkyl halides is 3. The van der Waals surface area contributed by atoms with E-state index in [0.717, 1.165) is 31.5 Å². The van der Waals surface area contributed by atoms with Crippen LogP contribution >= 0.6 is 0 Å². The minimum atomic E-state index is -4.46. The molecule has 1 unspecified atom stereocenters. The molecule has 0 saturated carbocycles. The molecule has 1 aliphatic rings. The van der Waals surface area contributed by atoms with Crippen LogP contribution in [0.4, 0.5) is 13.2 Å². The maximum absolute atomic E-state index is 12.8. The average Bonchev–Trinajstić information content (AvgIpc) is 2.47. The van der Waals surface area contributed by atoms with Crippen molar-refractivity contribution in [3.05, 3.63) is 40.4 Å². The molecule has 3 rings (SSSR count). The van der Waals surface area contributed by atoms with Gasteiger partial charge in [-0.15, -0.1) is 0 Å². The normalized spacial score (nSPS) is 19.9. The molecule has 1 N–H and O–H groups in total. The van der Waals surface area contributed by atoms with E-state index in [2.05, 4.69) is 10.3 Å². The predicted molar refractivity (Wildman–Crippen MR) is 72.1 cm³/mol. The molecule has 0 bridgehead atoms. The zero-order valence-electron chi connectivity index (χ0n) is 11.2. The van der Waals surface area contributed by atoms with Crippen molar-refractivity contribution in [2.24, 2.45) is 0 Å². The summed E-state index contributed by atoms with van der Waals surface area (Å²) >= 11 is 0. The van der Waals surface area contributed by atoms with Crippen LogP contribution in [0.15, 0.2) is 29.3 Å². The van der Waals surface area contributed by atoms with Crippen molar-refractivity contribution < 1.29 is 13.2 Å². The van der Waals surface area contributed by atoms with Gasteiger partial charge in [0.05, 0.1) is 28.8 Å². The van der Waals surface area contributed by atoms with Gasteiger partial charge >= 0.3 is 6.18 Å². The van der Waals surface area contributed by atoms with Gasteiger partial charge < -0.3 is 5.32 Å². The smallest absolute Gasteiger partial charge is 0.315 e. The van der Waals surface area contributed by atoms with Gasteiger partial charge in [0.2, 0.25) is 0 Å². The molecule has 2 heterocycles. The van der Waals surface area contributed by atoms with Crippen molar-refractivity contribution in [2.75, 3.05) is 13.1 Å². The fourth-order valence-electron chi connectivity index (χ4n) is 2.64. The van der Waals surface area contributed by atoms with E-state index in [1.807, 2.05) is 0 Å². The van der Waals surface area contributed by atoms with Gasteiger partial charge in [0.1, 0.15) is 0 Å². The molecule has 0 amide bonds. The summed E-state index contributed by atoms with van der Waals surface area (Å²) in [6.07, 6.45) is -1.29. The number of nitrogens with one attached hydrogen (secondary N) is 1. The molecule has 1 fully saturated rings. The first kappa shape index (κ1) is 14.1. The van der Waals surface area contributed by atoms with Crippen molar-refractivity contribution in [1.82, 2.24) is 14.9 Å². The fraction of sp³-hybridized carbons (Fsp3) is 0.429. The Balaban J connectivity index is 2.12. The summed E-state index contributed by atoms with van der Waals surface area (Å²) in [5.74, 6) is 0. The van der Waals surface area contributed by atoms with Gasteiger partial charge in [0.15, 0.2) is 0 Å². The zero-order valence-corrected chi connectivity index (χ0v) is 11.2. The number of nitrogens with zero attached hydrogens (tertiary/aromatic N) is 2. The fourth-order valence-corrected chi connectivity index (χ4v) is 2.64. The van der Waals surface area contributed by atoms with Gasteiger partial charge in [-0.3, -0.25) is 9.36 Å². The lowest BCUT2D eigenvalue weighted by Crippen LogP contribution is -2.36. The highest BCUT2D eigenvalue weighted by molar-refractivity contribution is 5.78. The highest BCUT2D eigenvalue weighted by atomic mass is 19.4. The molecule has 1 saturated heterocycles. The van der Waals surface area contributed by atoms with E-state index in [-0.39, 0.29) is 16.9 Å². The van der Waals surface area contributed by atoms with Gasteiger partial charge in [-0.25, -0.2) is 4.98 Å². The van der Waals surface area contributed by atoms with Gasteiger partial charge in [-0.1, -0.05) is 0 Å². The van der Waals surface area contributed by atoms with Crippen LogP contribution in [-0.2, 0) is 6.18 Å². The van der Waals surface area contributed by atoms with Crippen LogP contribution in [-0.4, -0.2) is 22.6 Å². The lowest BCUT2D eigenvalue weighted by Gasteiger charge is -2.24. The number of hydrogen-bond acceptors (Lipinski definition) is 3. The second-order valence-corrected chi connectivity index (χ2v) is 5.19. The monoisotopic (exact) mass is 297 g/mol. The van der Waals surface area contributed by atoms with Crippen LogP contribution < -0.4 is 10.9 Å². The Kier molecular flexibility index (Phi) is 3.44. The van der Waals surface area contributed by atoms with Crippen molar-refractivity contribution in [3.63, 3.8) is 0 Å². The van der Waals surface area contributed by atoms with E-state index in [9.17, 15) is 18.0 Å². The van der Waals surface area contributed by atoms with E-state index in [1.54, 1.807) is 0 Å². The highest BCUT2D eigenvalue weighted by Crippen LogP contribution is 2.30. The molecule has 21 heavy (non-hydrogen) atoms. The Hall–Kier alpha value is -1.89. The van der Waals surface area contributed by atoms with Crippen LogP contribution in [0.3, 0.4) is 0 Å². The summed E-state index contributed by atoms with van der Waals surface area (Å²) in [7, 11) is 0. The van der Waals surface area contributed by atoms with E-state index in [4.69, 9.17) is 0 Å². The van der Waals surface area contributed by atoms with Crippen LogP contribution in [0.2, 0.25) is 0 Å². The first-order chi connectivity index (χ1) is 9.97. The Labute approximate surface area is 118 Å². The standard InChI is InChI=1S/C14H14F3N3O/c15-14(16,17)9-3-4-12-11(6-9)13(21)20(8-19-12)10-2-1-5-18-7-10/h3-4,6,8,10,18H,1-2,5,7H2. The summed E-state index contributed by atoms with van der Waals surface area (Å²) in [6, 6.07) is 3.01. The van der Waals surface area contributed by atoms with Crippen molar-refractivity contribution in [2.45, 2.75) is 25.1 Å². The van der Waals surface area contributed by atoms with E-state index in [1.165, 1.54) is 17.0 Å². The molecule has 1 aromatic heterocycles. The number of fused-ring (bicyclic) bond motifs is 1. The average molecular weight is 297 g/mol. The topological polar surface area (TPSA) is 46.9 Å². The first-order valence-corrected chi connectivity index (χ1v) is 6.75. The second-order valence-electron chi connectivity index (χ2n) is 5.19. The highest BCUT2D eigenvalue weighted by Gasteiger charge is 2.31. The lowest BCUT2D eigenvalue weighted by molar-refractivity contribution is -0.137. The number of benzene rings is 1. The molecule has 0 radical (unpaired) electrons. The van der Waals surface area contributed by atoms with E-state index < -0.39 is 17.3 Å². The number of piperidine rings is 1. The summed E-state index contributed by atoms with van der Waals surface area (Å²) in [5.41, 5.74) is -0.957. The van der Waals surface area contributed by atoms with E-state index >= 15 is 0 Å². The van der Waals surface area contributed by atoms with E-state index in [0.29, 0.717) is 6.54 Å². The predicted octanol–water partition coefficient (Wildman–Crippen LogP) is 2.34. The van der Waals surface area contributed by atoms with Gasteiger partial charge in [0.25, 0.3) is 5.56 Å². The molecule has 112 valence electrons. The summed E-state index contributed by atoms with van der Waals surface area (Å²) in [5, 5.41) is 3.19. The molecule has 2 aromatic rings. The third-order valence-electron chi connectivity index (χ3n) is 3.77. The largest absolute Gasteiger partial charge is 0.416 e. The summed E-state index contributed by atoms with van der Waals surface area (Å²) in [4.78, 5) is 16.5. The molecule has 1 aromatic carbocycles. The number of halogens is 3. The van der Waals surface area contributed by atoms with Gasteiger partial charge in [0, 0.05) is 6.54 Å². The Morgan fingerprint density at radius 2 is 2.14 bits per heavy atom. The maximum Gasteiger partial charge on any atom is 0.416 e. The maximum atomic E-state index is 12.8. The zero-order chi connectivity index (χ0) is 15.0. The third kappa shape index (κ3) is 2.65. The third-order valence-corrected chi connectivity index (χ3v) is 3.77. The first-order valence-electron chi connectivity index (χ1n) is 6.75. The van der Waals surface area contributed by atoms with Crippen molar-refractivity contribution in [1.29, 1.82) is 0 Å². The quantitative estimate of drug-likeness (QED) is 0.879. The molecule has 1 aliphatic heterocycles. The van der Waals surface area contributed by atoms with Crippen LogP contribution in [0.5, 0.6) is 0 Å². The molecule has 4 nitrogen and oxygen atoms in total. The second kappa shape index (κ2) is 5.14. The van der Waals surface area contributed by atoms with Crippen molar-refractivity contribution >= 4 is 10.9 Å². The molecular formula is C14H14F3N3O. The van der Waals surface area contributed by atoms with Crippen LogP contribution in [0, 0.1) is 0 Å².